The molecule has 0 saturated heterocycles. The van der Waals surface area contributed by atoms with Crippen molar-refractivity contribution in [3.05, 3.63) is 59.7 Å². The molecular weight excluding hydrogens is 252 g/mol. The number of carbonyl (C=O) groups is 1. The van der Waals surface area contributed by atoms with Crippen LogP contribution in [-0.2, 0) is 6.54 Å². The molecule has 0 atom stereocenters. The maximum absolute atomic E-state index is 12.2. The minimum Gasteiger partial charge on any atom is -0.495 e. The monoisotopic (exact) mass is 270 g/mol. The Morgan fingerprint density at radius 3 is 2.45 bits per heavy atom. The number of anilines is 1. The van der Waals surface area contributed by atoms with E-state index in [1.807, 2.05) is 55.6 Å². The molecule has 4 nitrogen and oxygen atoms in total. The fraction of sp³-hybridized carbons (Fsp3) is 0.188. The first-order chi connectivity index (χ1) is 9.74. The van der Waals surface area contributed by atoms with E-state index in [0.29, 0.717) is 17.0 Å². The van der Waals surface area contributed by atoms with E-state index in [1.165, 1.54) is 0 Å². The van der Waals surface area contributed by atoms with Crippen molar-refractivity contribution in [2.24, 2.45) is 0 Å². The molecule has 2 aromatic carbocycles. The quantitative estimate of drug-likeness (QED) is 0.878. The van der Waals surface area contributed by atoms with E-state index in [2.05, 4.69) is 10.6 Å². The van der Waals surface area contributed by atoms with E-state index in [4.69, 9.17) is 4.74 Å². The average Bonchev–Trinajstić information content (AvgIpc) is 2.49. The number of methoxy groups -OCH3 is 1. The summed E-state index contributed by atoms with van der Waals surface area (Å²) in [5.41, 5.74) is 2.43. The van der Waals surface area contributed by atoms with Crippen molar-refractivity contribution in [2.75, 3.05) is 19.5 Å². The first-order valence-corrected chi connectivity index (χ1v) is 6.42. The zero-order chi connectivity index (χ0) is 14.4. The van der Waals surface area contributed by atoms with Gasteiger partial charge in [0, 0.05) is 12.1 Å². The molecule has 0 fully saturated rings. The van der Waals surface area contributed by atoms with Gasteiger partial charge in [0.25, 0.3) is 5.91 Å². The normalized spacial score (nSPS) is 10.1. The minimum atomic E-state index is -0.148. The Morgan fingerprint density at radius 2 is 1.80 bits per heavy atom. The summed E-state index contributed by atoms with van der Waals surface area (Å²) in [6.45, 7) is 0.786. The lowest BCUT2D eigenvalue weighted by atomic mass is 10.1. The van der Waals surface area contributed by atoms with E-state index in [9.17, 15) is 4.79 Å². The Kier molecular flexibility index (Phi) is 4.74. The van der Waals surface area contributed by atoms with Crippen LogP contribution >= 0.6 is 0 Å². The predicted octanol–water partition coefficient (Wildman–Crippen LogP) is 2.67. The van der Waals surface area contributed by atoms with Crippen LogP contribution in [0.4, 0.5) is 5.69 Å². The van der Waals surface area contributed by atoms with Crippen LogP contribution in [0, 0.1) is 0 Å². The zero-order valence-electron chi connectivity index (χ0n) is 11.6. The summed E-state index contributed by atoms with van der Waals surface area (Å²) >= 11 is 0. The van der Waals surface area contributed by atoms with Crippen LogP contribution < -0.4 is 15.4 Å². The van der Waals surface area contributed by atoms with E-state index in [-0.39, 0.29) is 5.91 Å². The van der Waals surface area contributed by atoms with E-state index < -0.39 is 0 Å². The van der Waals surface area contributed by atoms with Crippen molar-refractivity contribution < 1.29 is 9.53 Å². The molecule has 0 unspecified atom stereocenters. The SMILES string of the molecule is CNCc1ccc(C(=O)Nc2ccccc2OC)cc1. The summed E-state index contributed by atoms with van der Waals surface area (Å²) in [6, 6.07) is 14.9. The Labute approximate surface area is 118 Å². The smallest absolute Gasteiger partial charge is 0.255 e. The average molecular weight is 270 g/mol. The molecule has 2 N–H and O–H groups in total. The van der Waals surface area contributed by atoms with Crippen LogP contribution in [0.15, 0.2) is 48.5 Å². The first kappa shape index (κ1) is 14.1. The second kappa shape index (κ2) is 6.73. The molecule has 20 heavy (non-hydrogen) atoms. The predicted molar refractivity (Wildman–Crippen MR) is 80.2 cm³/mol. The van der Waals surface area contributed by atoms with Gasteiger partial charge in [-0.3, -0.25) is 4.79 Å². The lowest BCUT2D eigenvalue weighted by Gasteiger charge is -2.10. The van der Waals surface area contributed by atoms with Crippen molar-refractivity contribution in [1.82, 2.24) is 5.32 Å². The molecule has 0 radical (unpaired) electrons. The molecule has 1 amide bonds. The molecule has 104 valence electrons. The summed E-state index contributed by atoms with van der Waals surface area (Å²) in [5, 5.41) is 5.92. The lowest BCUT2D eigenvalue weighted by molar-refractivity contribution is 0.102. The Hall–Kier alpha value is -2.33. The summed E-state index contributed by atoms with van der Waals surface area (Å²) in [5.74, 6) is 0.498. The number of amides is 1. The Morgan fingerprint density at radius 1 is 1.10 bits per heavy atom. The fourth-order valence-electron chi connectivity index (χ4n) is 1.92. The molecule has 0 aliphatic heterocycles. The summed E-state index contributed by atoms with van der Waals surface area (Å²) < 4.78 is 5.21. The van der Waals surface area contributed by atoms with Gasteiger partial charge < -0.3 is 15.4 Å². The van der Waals surface area contributed by atoms with Crippen molar-refractivity contribution in [1.29, 1.82) is 0 Å². The van der Waals surface area contributed by atoms with Gasteiger partial charge in [-0.05, 0) is 36.9 Å². The van der Waals surface area contributed by atoms with Crippen LogP contribution in [0.1, 0.15) is 15.9 Å². The third-order valence-corrected chi connectivity index (χ3v) is 2.95. The van der Waals surface area contributed by atoms with E-state index in [0.717, 1.165) is 12.1 Å². The topological polar surface area (TPSA) is 50.4 Å². The first-order valence-electron chi connectivity index (χ1n) is 6.42. The molecule has 0 spiro atoms. The third-order valence-electron chi connectivity index (χ3n) is 2.95. The molecule has 4 heteroatoms. The van der Waals surface area contributed by atoms with Crippen LogP contribution in [0.5, 0.6) is 5.75 Å². The van der Waals surface area contributed by atoms with Gasteiger partial charge in [0.1, 0.15) is 5.75 Å². The molecule has 0 aromatic heterocycles. The highest BCUT2D eigenvalue weighted by Gasteiger charge is 2.08. The Bertz CT molecular complexity index is 579. The largest absolute Gasteiger partial charge is 0.495 e. The Balaban J connectivity index is 2.11. The van der Waals surface area contributed by atoms with Gasteiger partial charge in [-0.25, -0.2) is 0 Å². The number of para-hydroxylation sites is 2. The van der Waals surface area contributed by atoms with Gasteiger partial charge in [0.2, 0.25) is 0 Å². The van der Waals surface area contributed by atoms with Crippen molar-refractivity contribution in [3.63, 3.8) is 0 Å². The molecular formula is C16H18N2O2. The summed E-state index contributed by atoms with van der Waals surface area (Å²) in [7, 11) is 3.47. The van der Waals surface area contributed by atoms with Gasteiger partial charge >= 0.3 is 0 Å². The fourth-order valence-corrected chi connectivity index (χ4v) is 1.92. The number of hydrogen-bond acceptors (Lipinski definition) is 3. The van der Waals surface area contributed by atoms with Gasteiger partial charge in [0.15, 0.2) is 0 Å². The van der Waals surface area contributed by atoms with Crippen molar-refractivity contribution in [2.45, 2.75) is 6.54 Å². The molecule has 0 bridgehead atoms. The highest BCUT2D eigenvalue weighted by atomic mass is 16.5. The van der Waals surface area contributed by atoms with Gasteiger partial charge in [-0.1, -0.05) is 24.3 Å². The number of rotatable bonds is 5. The van der Waals surface area contributed by atoms with E-state index >= 15 is 0 Å². The van der Waals surface area contributed by atoms with E-state index in [1.54, 1.807) is 7.11 Å². The van der Waals surface area contributed by atoms with Crippen molar-refractivity contribution >= 4 is 11.6 Å². The highest BCUT2D eigenvalue weighted by molar-refractivity contribution is 6.05. The molecule has 0 aliphatic rings. The number of ether oxygens (including phenoxy) is 1. The standard InChI is InChI=1S/C16H18N2O2/c1-17-11-12-7-9-13(10-8-12)16(19)18-14-5-3-4-6-15(14)20-2/h3-10,17H,11H2,1-2H3,(H,18,19). The molecule has 2 aromatic rings. The van der Waals surface area contributed by atoms with Gasteiger partial charge in [-0.2, -0.15) is 0 Å². The number of carbonyl (C=O) groups excluding carboxylic acids is 1. The lowest BCUT2D eigenvalue weighted by Crippen LogP contribution is -2.13. The summed E-state index contributed by atoms with van der Waals surface area (Å²) in [4.78, 5) is 12.2. The molecule has 0 saturated carbocycles. The number of nitrogens with one attached hydrogen (secondary N) is 2. The maximum Gasteiger partial charge on any atom is 0.255 e. The van der Waals surface area contributed by atoms with Crippen LogP contribution in [0.3, 0.4) is 0 Å². The third kappa shape index (κ3) is 3.36. The molecule has 2 rings (SSSR count). The molecule has 0 aliphatic carbocycles. The molecule has 0 heterocycles. The second-order valence-corrected chi connectivity index (χ2v) is 4.38. The van der Waals surface area contributed by atoms with Crippen LogP contribution in [0.25, 0.3) is 0 Å². The van der Waals surface area contributed by atoms with Crippen LogP contribution in [-0.4, -0.2) is 20.1 Å². The maximum atomic E-state index is 12.2. The van der Waals surface area contributed by atoms with Crippen LogP contribution in [0.2, 0.25) is 0 Å². The number of benzene rings is 2. The van der Waals surface area contributed by atoms with Gasteiger partial charge in [-0.15, -0.1) is 0 Å². The highest BCUT2D eigenvalue weighted by Crippen LogP contribution is 2.23. The summed E-state index contributed by atoms with van der Waals surface area (Å²) in [6.07, 6.45) is 0. The van der Waals surface area contributed by atoms with Gasteiger partial charge in [0.05, 0.1) is 12.8 Å². The number of hydrogen-bond donors (Lipinski definition) is 2. The van der Waals surface area contributed by atoms with Crippen molar-refractivity contribution in [3.8, 4) is 5.75 Å². The second-order valence-electron chi connectivity index (χ2n) is 4.38. The zero-order valence-corrected chi connectivity index (χ0v) is 11.6. The minimum absolute atomic E-state index is 0.148.